The van der Waals surface area contributed by atoms with Gasteiger partial charge in [-0.15, -0.1) is 0 Å². The van der Waals surface area contributed by atoms with Crippen molar-refractivity contribution >= 4 is 21.6 Å². The van der Waals surface area contributed by atoms with Crippen molar-refractivity contribution in [2.45, 2.75) is 11.1 Å². The van der Waals surface area contributed by atoms with Gasteiger partial charge in [-0.1, -0.05) is 11.6 Å². The van der Waals surface area contributed by atoms with E-state index in [0.717, 1.165) is 16.4 Å². The molecule has 0 aliphatic carbocycles. The molecule has 24 heavy (non-hydrogen) atoms. The molecule has 136 valence electrons. The molecule has 0 radical (unpaired) electrons. The number of halogens is 4. The summed E-state index contributed by atoms with van der Waals surface area (Å²) < 4.78 is 69.9. The lowest BCUT2D eigenvalue weighted by Gasteiger charge is -2.34. The number of sulfonamides is 1. The summed E-state index contributed by atoms with van der Waals surface area (Å²) in [7, 11) is -2.50. The molecule has 0 spiro atoms. The molecule has 1 heterocycles. The van der Waals surface area contributed by atoms with Crippen molar-refractivity contribution in [1.29, 1.82) is 0 Å². The Labute approximate surface area is 144 Å². The van der Waals surface area contributed by atoms with Crippen LogP contribution in [0, 0.1) is 0 Å². The first-order valence-corrected chi connectivity index (χ1v) is 9.06. The number of alkyl halides is 3. The van der Waals surface area contributed by atoms with Gasteiger partial charge in [0.05, 0.1) is 17.2 Å². The summed E-state index contributed by atoms with van der Waals surface area (Å²) in [4.78, 5) is 1.52. The molecule has 1 aliphatic heterocycles. The van der Waals surface area contributed by atoms with Crippen molar-refractivity contribution in [2.24, 2.45) is 0 Å². The van der Waals surface area contributed by atoms with Crippen LogP contribution in [0.25, 0.3) is 0 Å². The summed E-state index contributed by atoms with van der Waals surface area (Å²) in [6.45, 7) is 2.57. The zero-order chi connectivity index (χ0) is 18.0. The summed E-state index contributed by atoms with van der Waals surface area (Å²) in [6, 6.07) is 2.32. The van der Waals surface area contributed by atoms with Crippen LogP contribution in [0.15, 0.2) is 23.1 Å². The van der Waals surface area contributed by atoms with Crippen molar-refractivity contribution in [3.8, 4) is 0 Å². The van der Waals surface area contributed by atoms with Crippen LogP contribution in [0.2, 0.25) is 5.02 Å². The highest BCUT2D eigenvalue weighted by atomic mass is 35.5. The standard InChI is InChI=1S/C14H18ClF3N2O3S/c1-23-9-8-19-4-6-20(7-5-19)24(21,22)13-10-11(14(16,17)18)2-3-12(13)15/h2-3,10H,4-9H2,1H3. The predicted octanol–water partition coefficient (Wildman–Crippen LogP) is 2.31. The first-order chi connectivity index (χ1) is 11.2. The van der Waals surface area contributed by atoms with E-state index < -0.39 is 26.7 Å². The van der Waals surface area contributed by atoms with E-state index in [9.17, 15) is 21.6 Å². The van der Waals surface area contributed by atoms with Crippen LogP contribution >= 0.6 is 11.6 Å². The van der Waals surface area contributed by atoms with Crippen molar-refractivity contribution in [3.63, 3.8) is 0 Å². The number of ether oxygens (including phenoxy) is 1. The summed E-state index contributed by atoms with van der Waals surface area (Å²) in [5.41, 5.74) is -1.04. The molecule has 1 saturated heterocycles. The third kappa shape index (κ3) is 4.40. The Kier molecular flexibility index (Phi) is 6.14. The highest BCUT2D eigenvalue weighted by molar-refractivity contribution is 7.89. The Morgan fingerprint density at radius 2 is 1.83 bits per heavy atom. The number of benzene rings is 1. The number of nitrogens with zero attached hydrogens (tertiary/aromatic N) is 2. The van der Waals surface area contributed by atoms with Crippen molar-refractivity contribution < 1.29 is 26.3 Å². The van der Waals surface area contributed by atoms with Gasteiger partial charge in [-0.05, 0) is 18.2 Å². The molecule has 1 aromatic rings. The Hall–Kier alpha value is -0.870. The van der Waals surface area contributed by atoms with Gasteiger partial charge in [-0.3, -0.25) is 4.90 Å². The Morgan fingerprint density at radius 3 is 2.38 bits per heavy atom. The molecule has 0 amide bonds. The minimum Gasteiger partial charge on any atom is -0.383 e. The molecular weight excluding hydrogens is 369 g/mol. The van der Waals surface area contributed by atoms with Gasteiger partial charge in [-0.2, -0.15) is 17.5 Å². The highest BCUT2D eigenvalue weighted by Gasteiger charge is 2.35. The molecule has 10 heteroatoms. The molecule has 0 bridgehead atoms. The van der Waals surface area contributed by atoms with Gasteiger partial charge in [0.2, 0.25) is 10.0 Å². The zero-order valence-electron chi connectivity index (χ0n) is 13.0. The van der Waals surface area contributed by atoms with Crippen LogP contribution in [0.1, 0.15) is 5.56 Å². The minimum absolute atomic E-state index is 0.193. The van der Waals surface area contributed by atoms with Gasteiger partial charge in [0.15, 0.2) is 0 Å². The van der Waals surface area contributed by atoms with Gasteiger partial charge in [0.25, 0.3) is 0 Å². The van der Waals surface area contributed by atoms with Crippen LogP contribution in [0.5, 0.6) is 0 Å². The normalized spacial score (nSPS) is 18.0. The lowest BCUT2D eigenvalue weighted by Crippen LogP contribution is -2.49. The van der Waals surface area contributed by atoms with Gasteiger partial charge >= 0.3 is 6.18 Å². The van der Waals surface area contributed by atoms with Gasteiger partial charge in [0.1, 0.15) is 4.90 Å². The molecule has 0 N–H and O–H groups in total. The topological polar surface area (TPSA) is 49.9 Å². The van der Waals surface area contributed by atoms with E-state index in [2.05, 4.69) is 0 Å². The second-order valence-electron chi connectivity index (χ2n) is 5.38. The smallest absolute Gasteiger partial charge is 0.383 e. The molecular formula is C14H18ClF3N2O3S. The van der Waals surface area contributed by atoms with Crippen LogP contribution in [-0.2, 0) is 20.9 Å². The first kappa shape index (κ1) is 19.5. The molecule has 5 nitrogen and oxygen atoms in total. The third-order valence-corrected chi connectivity index (χ3v) is 6.20. The lowest BCUT2D eigenvalue weighted by atomic mass is 10.2. The molecule has 1 aliphatic rings. The van der Waals surface area contributed by atoms with E-state index in [-0.39, 0.29) is 18.1 Å². The maximum Gasteiger partial charge on any atom is 0.416 e. The van der Waals surface area contributed by atoms with E-state index in [4.69, 9.17) is 16.3 Å². The SMILES string of the molecule is COCCN1CCN(S(=O)(=O)c2cc(C(F)(F)F)ccc2Cl)CC1. The Balaban J connectivity index is 2.19. The van der Waals surface area contributed by atoms with E-state index >= 15 is 0 Å². The van der Waals surface area contributed by atoms with Crippen LogP contribution in [-0.4, -0.2) is 64.1 Å². The molecule has 2 rings (SSSR count). The molecule has 0 aromatic heterocycles. The highest BCUT2D eigenvalue weighted by Crippen LogP contribution is 2.34. The largest absolute Gasteiger partial charge is 0.416 e. The summed E-state index contributed by atoms with van der Waals surface area (Å²) >= 11 is 5.85. The number of hydrogen-bond acceptors (Lipinski definition) is 4. The monoisotopic (exact) mass is 386 g/mol. The van der Waals surface area contributed by atoms with E-state index in [0.29, 0.717) is 32.3 Å². The second kappa shape index (κ2) is 7.57. The molecule has 0 saturated carbocycles. The molecule has 1 fully saturated rings. The maximum absolute atomic E-state index is 12.8. The predicted molar refractivity (Wildman–Crippen MR) is 83.5 cm³/mol. The Bertz CT molecular complexity index is 674. The van der Waals surface area contributed by atoms with Crippen LogP contribution < -0.4 is 0 Å². The molecule has 0 unspecified atom stereocenters. The van der Waals surface area contributed by atoms with Gasteiger partial charge < -0.3 is 4.74 Å². The fourth-order valence-corrected chi connectivity index (χ4v) is 4.35. The number of piperazine rings is 1. The minimum atomic E-state index is -4.63. The lowest BCUT2D eigenvalue weighted by molar-refractivity contribution is -0.137. The first-order valence-electron chi connectivity index (χ1n) is 7.24. The summed E-state index contributed by atoms with van der Waals surface area (Å²) in [6.07, 6.45) is -4.63. The average Bonchev–Trinajstić information content (AvgIpc) is 2.52. The fourth-order valence-electron chi connectivity index (χ4n) is 2.43. The summed E-state index contributed by atoms with van der Waals surface area (Å²) in [5, 5.41) is -0.218. The van der Waals surface area contributed by atoms with E-state index in [1.54, 1.807) is 7.11 Å². The van der Waals surface area contributed by atoms with Gasteiger partial charge in [-0.25, -0.2) is 8.42 Å². The number of hydrogen-bond donors (Lipinski definition) is 0. The fraction of sp³-hybridized carbons (Fsp3) is 0.571. The number of methoxy groups -OCH3 is 1. The van der Waals surface area contributed by atoms with Crippen molar-refractivity contribution in [3.05, 3.63) is 28.8 Å². The molecule has 0 atom stereocenters. The average molecular weight is 387 g/mol. The quantitative estimate of drug-likeness (QED) is 0.779. The van der Waals surface area contributed by atoms with E-state index in [1.807, 2.05) is 4.90 Å². The molecule has 1 aromatic carbocycles. The Morgan fingerprint density at radius 1 is 1.21 bits per heavy atom. The zero-order valence-corrected chi connectivity index (χ0v) is 14.6. The number of rotatable bonds is 5. The van der Waals surface area contributed by atoms with Gasteiger partial charge in [0, 0.05) is 39.8 Å². The summed E-state index contributed by atoms with van der Waals surface area (Å²) in [5.74, 6) is 0. The second-order valence-corrected chi connectivity index (χ2v) is 7.70. The van der Waals surface area contributed by atoms with Crippen molar-refractivity contribution in [1.82, 2.24) is 9.21 Å². The van der Waals surface area contributed by atoms with Crippen molar-refractivity contribution in [2.75, 3.05) is 46.4 Å². The third-order valence-electron chi connectivity index (χ3n) is 3.82. The van der Waals surface area contributed by atoms with Crippen LogP contribution in [0.3, 0.4) is 0 Å². The maximum atomic E-state index is 12.8. The van der Waals surface area contributed by atoms with E-state index in [1.165, 1.54) is 0 Å². The van der Waals surface area contributed by atoms with Crippen LogP contribution in [0.4, 0.5) is 13.2 Å².